The van der Waals surface area contributed by atoms with Gasteiger partial charge in [-0.1, -0.05) is 23.4 Å². The Bertz CT molecular complexity index is 1030. The summed E-state index contributed by atoms with van der Waals surface area (Å²) in [6.45, 7) is 2.32. The minimum absolute atomic E-state index is 0.0661. The lowest BCUT2D eigenvalue weighted by molar-refractivity contribution is 0.0835. The predicted molar refractivity (Wildman–Crippen MR) is 115 cm³/mol. The first kappa shape index (κ1) is 19.5. The van der Waals surface area contributed by atoms with Gasteiger partial charge in [-0.25, -0.2) is 9.78 Å². The fraction of sp³-hybridized carbons (Fsp3) is 0.364. The summed E-state index contributed by atoms with van der Waals surface area (Å²) in [6.07, 6.45) is 4.42. The number of benzene rings is 1. The van der Waals surface area contributed by atoms with Crippen molar-refractivity contribution in [2.24, 2.45) is 0 Å². The van der Waals surface area contributed by atoms with Crippen LogP contribution in [0.15, 0.2) is 53.2 Å². The smallest absolute Gasteiger partial charge is 0.319 e. The molecule has 160 valence electrons. The van der Waals surface area contributed by atoms with E-state index >= 15 is 0 Å². The first-order valence-electron chi connectivity index (χ1n) is 10.5. The Labute approximate surface area is 179 Å². The molecule has 2 aliphatic heterocycles. The second-order valence-corrected chi connectivity index (χ2v) is 7.76. The summed E-state index contributed by atoms with van der Waals surface area (Å²) in [4.78, 5) is 23.5. The summed E-state index contributed by atoms with van der Waals surface area (Å²) in [7, 11) is 0. The lowest BCUT2D eigenvalue weighted by Gasteiger charge is -2.18. The van der Waals surface area contributed by atoms with Crippen LogP contribution in [0.2, 0.25) is 0 Å². The molecule has 2 atom stereocenters. The SMILES string of the molecule is O=C(Nc1cccc(-c2noc(C3CCCO3)n2)c1)NC1CCN(c2ccccn2)C1. The summed E-state index contributed by atoms with van der Waals surface area (Å²) in [5.74, 6) is 1.92. The average molecular weight is 420 g/mol. The van der Waals surface area contributed by atoms with Crippen LogP contribution in [-0.4, -0.2) is 46.9 Å². The van der Waals surface area contributed by atoms with Crippen LogP contribution >= 0.6 is 0 Å². The van der Waals surface area contributed by atoms with E-state index in [0.29, 0.717) is 17.4 Å². The van der Waals surface area contributed by atoms with Crippen molar-refractivity contribution in [3.05, 3.63) is 54.6 Å². The van der Waals surface area contributed by atoms with E-state index in [9.17, 15) is 4.79 Å². The van der Waals surface area contributed by atoms with E-state index < -0.39 is 0 Å². The number of pyridine rings is 1. The van der Waals surface area contributed by atoms with Crippen molar-refractivity contribution in [3.8, 4) is 11.4 Å². The Morgan fingerprint density at radius 1 is 1.16 bits per heavy atom. The Hall–Kier alpha value is -3.46. The van der Waals surface area contributed by atoms with E-state index in [1.807, 2.05) is 42.5 Å². The minimum atomic E-state index is -0.238. The van der Waals surface area contributed by atoms with Crippen LogP contribution in [0, 0.1) is 0 Å². The molecule has 9 nitrogen and oxygen atoms in total. The quantitative estimate of drug-likeness (QED) is 0.652. The maximum atomic E-state index is 12.5. The Balaban J connectivity index is 1.18. The third-order valence-corrected chi connectivity index (χ3v) is 5.52. The van der Waals surface area contributed by atoms with Gasteiger partial charge >= 0.3 is 6.03 Å². The molecule has 2 aliphatic rings. The van der Waals surface area contributed by atoms with E-state index in [-0.39, 0.29) is 18.2 Å². The van der Waals surface area contributed by atoms with Crippen molar-refractivity contribution in [1.29, 1.82) is 0 Å². The van der Waals surface area contributed by atoms with E-state index in [1.165, 1.54) is 0 Å². The Morgan fingerprint density at radius 2 is 2.13 bits per heavy atom. The van der Waals surface area contributed by atoms with Crippen LogP contribution in [-0.2, 0) is 4.74 Å². The molecule has 2 amide bonds. The number of carbonyl (C=O) groups excluding carboxylic acids is 1. The van der Waals surface area contributed by atoms with Crippen LogP contribution in [0.25, 0.3) is 11.4 Å². The molecule has 5 rings (SSSR count). The molecule has 4 heterocycles. The highest BCUT2D eigenvalue weighted by atomic mass is 16.5. The second kappa shape index (κ2) is 8.73. The fourth-order valence-corrected chi connectivity index (χ4v) is 3.97. The number of nitrogens with zero attached hydrogens (tertiary/aromatic N) is 4. The van der Waals surface area contributed by atoms with Gasteiger partial charge in [0.25, 0.3) is 5.89 Å². The van der Waals surface area contributed by atoms with Crippen molar-refractivity contribution in [1.82, 2.24) is 20.4 Å². The maximum Gasteiger partial charge on any atom is 0.319 e. The largest absolute Gasteiger partial charge is 0.368 e. The normalized spacial score (nSPS) is 20.7. The minimum Gasteiger partial charge on any atom is -0.368 e. The number of aromatic nitrogens is 3. The highest BCUT2D eigenvalue weighted by Gasteiger charge is 2.25. The number of nitrogens with one attached hydrogen (secondary N) is 2. The molecule has 2 unspecified atom stereocenters. The Morgan fingerprint density at radius 3 is 2.97 bits per heavy atom. The number of anilines is 2. The van der Waals surface area contributed by atoms with Gasteiger partial charge in [0.15, 0.2) is 0 Å². The predicted octanol–water partition coefficient (Wildman–Crippen LogP) is 3.38. The molecule has 2 saturated heterocycles. The molecule has 0 aliphatic carbocycles. The standard InChI is InChI=1S/C22H24N6O3/c29-22(25-17-9-11-28(14-17)19-8-1-2-10-23-19)24-16-6-3-5-15(13-16)20-26-21(31-27-20)18-7-4-12-30-18/h1-3,5-6,8,10,13,17-18H,4,7,9,11-12,14H2,(H2,24,25,29). The van der Waals surface area contributed by atoms with Gasteiger partial charge in [-0.15, -0.1) is 0 Å². The van der Waals surface area contributed by atoms with Gasteiger partial charge in [0.1, 0.15) is 11.9 Å². The number of hydrogen-bond donors (Lipinski definition) is 2. The van der Waals surface area contributed by atoms with Gasteiger partial charge in [-0.05, 0) is 43.5 Å². The highest BCUT2D eigenvalue weighted by molar-refractivity contribution is 5.90. The summed E-state index contributed by atoms with van der Waals surface area (Å²) in [5, 5.41) is 10.0. The van der Waals surface area contributed by atoms with E-state index in [1.54, 1.807) is 6.20 Å². The number of urea groups is 1. The summed E-state index contributed by atoms with van der Waals surface area (Å²) < 4.78 is 11.0. The van der Waals surface area contributed by atoms with Crippen molar-refractivity contribution in [2.45, 2.75) is 31.4 Å². The number of amides is 2. The third kappa shape index (κ3) is 4.51. The molecule has 1 aromatic carbocycles. The summed E-state index contributed by atoms with van der Waals surface area (Å²) in [5.41, 5.74) is 1.44. The van der Waals surface area contributed by atoms with Crippen molar-refractivity contribution in [2.75, 3.05) is 29.9 Å². The summed E-state index contributed by atoms with van der Waals surface area (Å²) >= 11 is 0. The van der Waals surface area contributed by atoms with E-state index in [4.69, 9.17) is 9.26 Å². The molecule has 0 bridgehead atoms. The topological polar surface area (TPSA) is 105 Å². The maximum absolute atomic E-state index is 12.5. The zero-order chi connectivity index (χ0) is 21.0. The van der Waals surface area contributed by atoms with Gasteiger partial charge in [-0.2, -0.15) is 4.98 Å². The summed E-state index contributed by atoms with van der Waals surface area (Å²) in [6, 6.07) is 13.1. The van der Waals surface area contributed by atoms with Crippen LogP contribution in [0.4, 0.5) is 16.3 Å². The lowest BCUT2D eigenvalue weighted by atomic mass is 10.2. The van der Waals surface area contributed by atoms with Crippen molar-refractivity contribution >= 4 is 17.5 Å². The molecule has 0 radical (unpaired) electrons. The average Bonchev–Trinajstić information content (AvgIpc) is 3.55. The van der Waals surface area contributed by atoms with Crippen molar-refractivity contribution in [3.63, 3.8) is 0 Å². The first-order valence-corrected chi connectivity index (χ1v) is 10.5. The van der Waals surface area contributed by atoms with Gasteiger partial charge < -0.3 is 24.8 Å². The van der Waals surface area contributed by atoms with Gasteiger partial charge in [-0.3, -0.25) is 0 Å². The van der Waals surface area contributed by atoms with Crippen LogP contribution < -0.4 is 15.5 Å². The molecular formula is C22H24N6O3. The molecular weight excluding hydrogens is 396 g/mol. The molecule has 9 heteroatoms. The zero-order valence-corrected chi connectivity index (χ0v) is 17.0. The molecule has 2 aromatic heterocycles. The van der Waals surface area contributed by atoms with Crippen LogP contribution in [0.5, 0.6) is 0 Å². The molecule has 0 spiro atoms. The molecule has 2 N–H and O–H groups in total. The van der Waals surface area contributed by atoms with E-state index in [2.05, 4.69) is 30.7 Å². The van der Waals surface area contributed by atoms with E-state index in [0.717, 1.165) is 50.3 Å². The van der Waals surface area contributed by atoms with Crippen molar-refractivity contribution < 1.29 is 14.1 Å². The molecule has 2 fully saturated rings. The van der Waals surface area contributed by atoms with Gasteiger partial charge in [0, 0.05) is 43.2 Å². The second-order valence-electron chi connectivity index (χ2n) is 7.76. The zero-order valence-electron chi connectivity index (χ0n) is 17.0. The molecule has 0 saturated carbocycles. The van der Waals surface area contributed by atoms with Gasteiger partial charge in [0.2, 0.25) is 5.82 Å². The number of ether oxygens (including phenoxy) is 1. The van der Waals surface area contributed by atoms with Gasteiger partial charge in [0.05, 0.1) is 0 Å². The molecule has 3 aromatic rings. The lowest BCUT2D eigenvalue weighted by Crippen LogP contribution is -2.39. The third-order valence-electron chi connectivity index (χ3n) is 5.52. The first-order chi connectivity index (χ1) is 15.2. The Kier molecular flexibility index (Phi) is 5.49. The number of hydrogen-bond acceptors (Lipinski definition) is 7. The monoisotopic (exact) mass is 420 g/mol. The van der Waals surface area contributed by atoms with Crippen LogP contribution in [0.3, 0.4) is 0 Å². The number of carbonyl (C=O) groups is 1. The highest BCUT2D eigenvalue weighted by Crippen LogP contribution is 2.29. The van der Waals surface area contributed by atoms with Crippen LogP contribution in [0.1, 0.15) is 31.3 Å². The molecule has 31 heavy (non-hydrogen) atoms. The number of rotatable bonds is 5. The fourth-order valence-electron chi connectivity index (χ4n) is 3.97.